The molecule has 4 heteroatoms. The predicted octanol–water partition coefficient (Wildman–Crippen LogP) is 3.89. The minimum atomic E-state index is 0.293. The molecule has 4 nitrogen and oxygen atoms in total. The summed E-state index contributed by atoms with van der Waals surface area (Å²) in [6.45, 7) is 1.56. The van der Waals surface area contributed by atoms with Gasteiger partial charge < -0.3 is 15.0 Å². The molecular weight excluding hydrogens is 312 g/mol. The molecule has 1 N–H and O–H groups in total. The number of carbonyl (C=O) groups excluding carboxylic acids is 1. The molecule has 1 heterocycles. The number of nitrogens with zero attached hydrogens (tertiary/aromatic N) is 1. The summed E-state index contributed by atoms with van der Waals surface area (Å²) in [5.74, 6) is 1.15. The minimum absolute atomic E-state index is 0.293. The first-order chi connectivity index (χ1) is 12.2. The summed E-state index contributed by atoms with van der Waals surface area (Å²) >= 11 is 0. The number of nitrogens with one attached hydrogen (secondary N) is 1. The summed E-state index contributed by atoms with van der Waals surface area (Å²) in [5, 5.41) is 3.86. The average molecular weight is 344 g/mol. The summed E-state index contributed by atoms with van der Waals surface area (Å²) in [7, 11) is 1.68. The molecule has 2 aliphatic rings. The van der Waals surface area contributed by atoms with E-state index in [0.717, 1.165) is 25.1 Å². The Balaban J connectivity index is 1.52. The van der Waals surface area contributed by atoms with Gasteiger partial charge in [0.25, 0.3) is 0 Å². The molecule has 1 saturated carbocycles. The van der Waals surface area contributed by atoms with Crippen LogP contribution >= 0.6 is 0 Å². The highest BCUT2D eigenvalue weighted by Crippen LogP contribution is 2.21. The number of amides is 1. The van der Waals surface area contributed by atoms with Gasteiger partial charge in [0.15, 0.2) is 0 Å². The van der Waals surface area contributed by atoms with Crippen LogP contribution in [-0.2, 0) is 11.3 Å². The minimum Gasteiger partial charge on any atom is -0.497 e. The normalized spacial score (nSPS) is 23.2. The zero-order valence-electron chi connectivity index (χ0n) is 15.5. The molecule has 0 bridgehead atoms. The fourth-order valence-corrected chi connectivity index (χ4v) is 4.10. The van der Waals surface area contributed by atoms with Crippen molar-refractivity contribution in [3.05, 3.63) is 29.8 Å². The van der Waals surface area contributed by atoms with Crippen LogP contribution in [0, 0.1) is 0 Å². The van der Waals surface area contributed by atoms with Gasteiger partial charge in [-0.1, -0.05) is 37.8 Å². The molecule has 1 atom stereocenters. The van der Waals surface area contributed by atoms with Gasteiger partial charge in [0.1, 0.15) is 5.75 Å². The predicted molar refractivity (Wildman–Crippen MR) is 101 cm³/mol. The van der Waals surface area contributed by atoms with E-state index in [0.29, 0.717) is 31.0 Å². The molecule has 0 aromatic heterocycles. The lowest BCUT2D eigenvalue weighted by molar-refractivity contribution is -0.131. The molecule has 1 aromatic rings. The number of rotatable bonds is 5. The van der Waals surface area contributed by atoms with Crippen molar-refractivity contribution < 1.29 is 9.53 Å². The molecule has 0 radical (unpaired) electrons. The van der Waals surface area contributed by atoms with Gasteiger partial charge in [0, 0.05) is 31.6 Å². The Morgan fingerprint density at radius 2 is 1.68 bits per heavy atom. The maximum Gasteiger partial charge on any atom is 0.222 e. The van der Waals surface area contributed by atoms with Gasteiger partial charge in [0.05, 0.1) is 7.11 Å². The second-order valence-electron chi connectivity index (χ2n) is 7.54. The van der Waals surface area contributed by atoms with Gasteiger partial charge in [-0.25, -0.2) is 0 Å². The maximum absolute atomic E-state index is 12.5. The van der Waals surface area contributed by atoms with Crippen molar-refractivity contribution in [1.82, 2.24) is 10.2 Å². The van der Waals surface area contributed by atoms with Gasteiger partial charge in [-0.3, -0.25) is 4.79 Å². The molecule has 1 aliphatic carbocycles. The molecule has 1 saturated heterocycles. The third-order valence-electron chi connectivity index (χ3n) is 5.67. The smallest absolute Gasteiger partial charge is 0.222 e. The van der Waals surface area contributed by atoms with Crippen molar-refractivity contribution in [1.29, 1.82) is 0 Å². The van der Waals surface area contributed by atoms with Crippen LogP contribution in [0.1, 0.15) is 63.4 Å². The maximum atomic E-state index is 12.5. The Hall–Kier alpha value is -1.55. The third-order valence-corrected chi connectivity index (χ3v) is 5.67. The zero-order valence-corrected chi connectivity index (χ0v) is 15.5. The number of methoxy groups -OCH3 is 1. The average Bonchev–Trinajstić information content (AvgIpc) is 2.99. The highest BCUT2D eigenvalue weighted by atomic mass is 16.5. The van der Waals surface area contributed by atoms with Gasteiger partial charge in [0.2, 0.25) is 5.91 Å². The van der Waals surface area contributed by atoms with Crippen molar-refractivity contribution in [3.63, 3.8) is 0 Å². The van der Waals surface area contributed by atoms with E-state index in [4.69, 9.17) is 4.74 Å². The van der Waals surface area contributed by atoms with E-state index in [2.05, 4.69) is 17.4 Å². The molecule has 1 aliphatic heterocycles. The van der Waals surface area contributed by atoms with Crippen LogP contribution < -0.4 is 10.1 Å². The van der Waals surface area contributed by atoms with Crippen LogP contribution in [0.15, 0.2) is 24.3 Å². The Labute approximate surface area is 151 Å². The molecule has 1 amide bonds. The fourth-order valence-electron chi connectivity index (χ4n) is 4.10. The van der Waals surface area contributed by atoms with Gasteiger partial charge in [-0.05, 0) is 43.4 Å². The number of carbonyl (C=O) groups is 1. The molecule has 0 unspecified atom stereocenters. The van der Waals surface area contributed by atoms with Crippen molar-refractivity contribution >= 4 is 5.91 Å². The van der Waals surface area contributed by atoms with Crippen molar-refractivity contribution in [2.24, 2.45) is 0 Å². The Morgan fingerprint density at radius 1 is 1.00 bits per heavy atom. The number of hydrogen-bond donors (Lipinski definition) is 1. The van der Waals surface area contributed by atoms with E-state index in [1.807, 2.05) is 17.0 Å². The molecule has 1 aromatic carbocycles. The third kappa shape index (κ3) is 5.46. The quantitative estimate of drug-likeness (QED) is 0.824. The van der Waals surface area contributed by atoms with Crippen LogP contribution in [0.5, 0.6) is 5.75 Å². The Bertz CT molecular complexity index is 535. The first kappa shape index (κ1) is 18.2. The second kappa shape index (κ2) is 9.23. The monoisotopic (exact) mass is 344 g/mol. The molecule has 3 rings (SSSR count). The second-order valence-corrected chi connectivity index (χ2v) is 7.54. The molecule has 138 valence electrons. The van der Waals surface area contributed by atoms with Crippen LogP contribution in [0.2, 0.25) is 0 Å². The van der Waals surface area contributed by atoms with Crippen LogP contribution in [0.25, 0.3) is 0 Å². The summed E-state index contributed by atoms with van der Waals surface area (Å²) in [6.07, 6.45) is 10.8. The van der Waals surface area contributed by atoms with E-state index in [9.17, 15) is 4.79 Å². The van der Waals surface area contributed by atoms with Gasteiger partial charge in [-0.2, -0.15) is 0 Å². The lowest BCUT2D eigenvalue weighted by atomic mass is 10.0. The largest absolute Gasteiger partial charge is 0.497 e. The zero-order chi connectivity index (χ0) is 17.5. The van der Waals surface area contributed by atoms with Crippen LogP contribution in [0.3, 0.4) is 0 Å². The van der Waals surface area contributed by atoms with E-state index in [1.54, 1.807) is 7.11 Å². The Morgan fingerprint density at radius 3 is 2.36 bits per heavy atom. The van der Waals surface area contributed by atoms with E-state index < -0.39 is 0 Å². The highest BCUT2D eigenvalue weighted by Gasteiger charge is 2.24. The lowest BCUT2D eigenvalue weighted by Crippen LogP contribution is -2.38. The summed E-state index contributed by atoms with van der Waals surface area (Å²) in [4.78, 5) is 14.5. The van der Waals surface area contributed by atoms with Crippen molar-refractivity contribution in [2.75, 3.05) is 13.7 Å². The van der Waals surface area contributed by atoms with Crippen molar-refractivity contribution in [3.8, 4) is 5.75 Å². The van der Waals surface area contributed by atoms with Gasteiger partial charge >= 0.3 is 0 Å². The SMILES string of the molecule is COc1ccc(CN2CC[C@@H](NC3CCCCCC3)CCC2=O)cc1. The van der Waals surface area contributed by atoms with E-state index in [1.165, 1.54) is 44.1 Å². The number of hydrogen-bond acceptors (Lipinski definition) is 3. The first-order valence-corrected chi connectivity index (χ1v) is 9.91. The number of benzene rings is 1. The Kier molecular flexibility index (Phi) is 6.74. The van der Waals surface area contributed by atoms with Crippen LogP contribution in [0.4, 0.5) is 0 Å². The fraction of sp³-hybridized carbons (Fsp3) is 0.667. The van der Waals surface area contributed by atoms with Crippen LogP contribution in [-0.4, -0.2) is 36.5 Å². The van der Waals surface area contributed by atoms with E-state index >= 15 is 0 Å². The number of likely N-dealkylation sites (tertiary alicyclic amines) is 1. The topological polar surface area (TPSA) is 41.6 Å². The summed E-state index contributed by atoms with van der Waals surface area (Å²) in [6, 6.07) is 9.20. The molecular formula is C21H32N2O2. The lowest BCUT2D eigenvalue weighted by Gasteiger charge is -2.24. The summed E-state index contributed by atoms with van der Waals surface area (Å²) < 4.78 is 5.21. The van der Waals surface area contributed by atoms with Crippen molar-refractivity contribution in [2.45, 2.75) is 76.4 Å². The standard InChI is InChI=1S/C21H32N2O2/c1-25-20-11-8-17(9-12-20)16-23-15-14-19(10-13-21(23)24)22-18-6-4-2-3-5-7-18/h8-9,11-12,18-19,22H,2-7,10,13-16H2,1H3/t19-/m0/s1. The summed E-state index contributed by atoms with van der Waals surface area (Å²) in [5.41, 5.74) is 1.17. The molecule has 25 heavy (non-hydrogen) atoms. The van der Waals surface area contributed by atoms with Gasteiger partial charge in [-0.15, -0.1) is 0 Å². The highest BCUT2D eigenvalue weighted by molar-refractivity contribution is 5.76. The number of ether oxygens (including phenoxy) is 1. The molecule has 2 fully saturated rings. The van der Waals surface area contributed by atoms with E-state index in [-0.39, 0.29) is 0 Å². The molecule has 0 spiro atoms. The first-order valence-electron chi connectivity index (χ1n) is 9.91.